The van der Waals surface area contributed by atoms with Crippen molar-refractivity contribution >= 4 is 23.4 Å². The molecule has 150 valence electrons. The highest BCUT2D eigenvalue weighted by atomic mass is 35.5. The van der Waals surface area contributed by atoms with E-state index in [0.717, 1.165) is 5.69 Å². The highest BCUT2D eigenvalue weighted by Gasteiger charge is 2.29. The third-order valence-corrected chi connectivity index (χ3v) is 5.64. The summed E-state index contributed by atoms with van der Waals surface area (Å²) in [5.74, 6) is 0.364. The van der Waals surface area contributed by atoms with Crippen molar-refractivity contribution in [3.05, 3.63) is 47.2 Å². The van der Waals surface area contributed by atoms with Gasteiger partial charge in [0.15, 0.2) is 5.69 Å². The molecule has 0 bridgehead atoms. The van der Waals surface area contributed by atoms with Gasteiger partial charge in [0.2, 0.25) is 5.91 Å². The van der Waals surface area contributed by atoms with Crippen LogP contribution in [0, 0.1) is 11.8 Å². The van der Waals surface area contributed by atoms with Crippen molar-refractivity contribution in [2.24, 2.45) is 11.8 Å². The van der Waals surface area contributed by atoms with Gasteiger partial charge in [0.05, 0.1) is 5.69 Å². The fourth-order valence-corrected chi connectivity index (χ4v) is 3.40. The zero-order valence-electron chi connectivity index (χ0n) is 16.6. The van der Waals surface area contributed by atoms with Crippen molar-refractivity contribution in [2.45, 2.75) is 39.7 Å². The van der Waals surface area contributed by atoms with Crippen molar-refractivity contribution in [1.82, 2.24) is 20.0 Å². The number of nitrogens with one attached hydrogen (secondary N) is 1. The Bertz CT molecular complexity index is 840. The van der Waals surface area contributed by atoms with Gasteiger partial charge in [0, 0.05) is 36.3 Å². The van der Waals surface area contributed by atoms with Gasteiger partial charge in [-0.1, -0.05) is 31.5 Å². The summed E-state index contributed by atoms with van der Waals surface area (Å²) >= 11 is 6.02. The Morgan fingerprint density at radius 1 is 1.18 bits per heavy atom. The van der Waals surface area contributed by atoms with Crippen LogP contribution in [-0.2, 0) is 4.79 Å². The molecule has 1 atom stereocenters. The number of carbonyl (C=O) groups excluding carboxylic acids is 2. The third-order valence-electron chi connectivity index (χ3n) is 5.40. The number of carbonyl (C=O) groups is 2. The van der Waals surface area contributed by atoms with Gasteiger partial charge in [-0.3, -0.25) is 9.59 Å². The van der Waals surface area contributed by atoms with E-state index in [4.69, 9.17) is 11.6 Å². The number of amides is 2. The molecular formula is C21H27ClN4O2. The molecule has 2 heterocycles. The molecule has 6 nitrogen and oxygen atoms in total. The van der Waals surface area contributed by atoms with E-state index >= 15 is 0 Å². The first-order chi connectivity index (χ1) is 13.3. The van der Waals surface area contributed by atoms with Crippen molar-refractivity contribution in [3.63, 3.8) is 0 Å². The van der Waals surface area contributed by atoms with E-state index in [1.54, 1.807) is 34.0 Å². The predicted octanol–water partition coefficient (Wildman–Crippen LogP) is 3.54. The third kappa shape index (κ3) is 4.73. The highest BCUT2D eigenvalue weighted by Crippen LogP contribution is 2.20. The zero-order valence-corrected chi connectivity index (χ0v) is 17.3. The molecule has 1 aromatic heterocycles. The van der Waals surface area contributed by atoms with Gasteiger partial charge in [-0.15, -0.1) is 0 Å². The van der Waals surface area contributed by atoms with Gasteiger partial charge >= 0.3 is 0 Å². The van der Waals surface area contributed by atoms with Gasteiger partial charge in [-0.25, -0.2) is 4.68 Å². The summed E-state index contributed by atoms with van der Waals surface area (Å²) in [7, 11) is 0. The molecule has 0 spiro atoms. The lowest BCUT2D eigenvalue weighted by atomic mass is 9.94. The molecule has 28 heavy (non-hydrogen) atoms. The topological polar surface area (TPSA) is 67.2 Å². The molecule has 2 aromatic rings. The second-order valence-corrected chi connectivity index (χ2v) is 8.17. The van der Waals surface area contributed by atoms with Crippen LogP contribution in [-0.4, -0.2) is 45.6 Å². The summed E-state index contributed by atoms with van der Waals surface area (Å²) < 4.78 is 1.65. The summed E-state index contributed by atoms with van der Waals surface area (Å²) in [6.45, 7) is 7.34. The number of rotatable bonds is 5. The van der Waals surface area contributed by atoms with E-state index in [1.165, 1.54) is 0 Å². The molecule has 1 aliphatic rings. The number of likely N-dealkylation sites (tertiary alicyclic amines) is 1. The minimum absolute atomic E-state index is 0.0331. The highest BCUT2D eigenvalue weighted by molar-refractivity contribution is 6.30. The van der Waals surface area contributed by atoms with Crippen LogP contribution < -0.4 is 5.32 Å². The Morgan fingerprint density at radius 2 is 1.89 bits per heavy atom. The number of hydrogen-bond donors (Lipinski definition) is 1. The number of aromatic nitrogens is 2. The van der Waals surface area contributed by atoms with Crippen LogP contribution in [0.25, 0.3) is 5.69 Å². The Kier molecular flexibility index (Phi) is 6.39. The molecule has 3 rings (SSSR count). The lowest BCUT2D eigenvalue weighted by Crippen LogP contribution is -2.45. The van der Waals surface area contributed by atoms with Crippen LogP contribution in [0.1, 0.15) is 44.1 Å². The van der Waals surface area contributed by atoms with Crippen LogP contribution in [0.5, 0.6) is 0 Å². The van der Waals surface area contributed by atoms with Crippen LogP contribution >= 0.6 is 11.6 Å². The molecule has 1 N–H and O–H groups in total. The Morgan fingerprint density at radius 3 is 2.54 bits per heavy atom. The van der Waals surface area contributed by atoms with Gasteiger partial charge in [-0.2, -0.15) is 5.10 Å². The quantitative estimate of drug-likeness (QED) is 0.831. The average molecular weight is 403 g/mol. The maximum Gasteiger partial charge on any atom is 0.274 e. The number of piperidine rings is 1. The molecule has 1 aromatic carbocycles. The maximum atomic E-state index is 12.8. The van der Waals surface area contributed by atoms with Gasteiger partial charge in [0.1, 0.15) is 0 Å². The molecule has 1 unspecified atom stereocenters. The fourth-order valence-electron chi connectivity index (χ4n) is 3.22. The van der Waals surface area contributed by atoms with Gasteiger partial charge in [-0.05, 0) is 49.9 Å². The number of halogens is 1. The van der Waals surface area contributed by atoms with E-state index in [9.17, 15) is 9.59 Å². The molecule has 1 aliphatic heterocycles. The number of hydrogen-bond acceptors (Lipinski definition) is 3. The fraction of sp³-hybridized carbons (Fsp3) is 0.476. The summed E-state index contributed by atoms with van der Waals surface area (Å²) in [5, 5.41) is 8.10. The molecule has 1 saturated heterocycles. The summed E-state index contributed by atoms with van der Waals surface area (Å²) in [5.41, 5.74) is 1.21. The lowest BCUT2D eigenvalue weighted by Gasteiger charge is -2.31. The summed E-state index contributed by atoms with van der Waals surface area (Å²) in [6, 6.07) is 9.19. The van der Waals surface area contributed by atoms with Crippen molar-refractivity contribution in [2.75, 3.05) is 13.1 Å². The van der Waals surface area contributed by atoms with Crippen LogP contribution in [0.3, 0.4) is 0 Å². The molecule has 0 aliphatic carbocycles. The Labute approximate surface area is 170 Å². The molecule has 2 amide bonds. The van der Waals surface area contributed by atoms with Crippen LogP contribution in [0.15, 0.2) is 36.5 Å². The summed E-state index contributed by atoms with van der Waals surface area (Å²) in [6.07, 6.45) is 3.11. The monoisotopic (exact) mass is 402 g/mol. The van der Waals surface area contributed by atoms with Crippen LogP contribution in [0.4, 0.5) is 0 Å². The standard InChI is InChI=1S/C21H27ClN4O2/c1-14(2)15(3)23-20(27)16-7-10-25(11-8-16)21(28)19-9-12-26(24-19)18-6-4-5-17(22)13-18/h4-6,9,12-16H,7-8,10-11H2,1-3H3,(H,23,27). The number of benzene rings is 1. The molecule has 1 fully saturated rings. The molecule has 0 saturated carbocycles. The first-order valence-electron chi connectivity index (χ1n) is 9.76. The van der Waals surface area contributed by atoms with Gasteiger partial charge in [0.25, 0.3) is 5.91 Å². The first-order valence-corrected chi connectivity index (χ1v) is 10.1. The Hall–Kier alpha value is -2.34. The van der Waals surface area contributed by atoms with Crippen molar-refractivity contribution in [1.29, 1.82) is 0 Å². The van der Waals surface area contributed by atoms with E-state index < -0.39 is 0 Å². The Balaban J connectivity index is 1.58. The maximum absolute atomic E-state index is 12.8. The molecular weight excluding hydrogens is 376 g/mol. The smallest absolute Gasteiger partial charge is 0.274 e. The van der Waals surface area contributed by atoms with Gasteiger partial charge < -0.3 is 10.2 Å². The van der Waals surface area contributed by atoms with Crippen molar-refractivity contribution in [3.8, 4) is 5.69 Å². The summed E-state index contributed by atoms with van der Waals surface area (Å²) in [4.78, 5) is 27.0. The van der Waals surface area contributed by atoms with E-state index in [1.807, 2.05) is 19.1 Å². The lowest BCUT2D eigenvalue weighted by molar-refractivity contribution is -0.127. The SMILES string of the molecule is CC(C)C(C)NC(=O)C1CCN(C(=O)c2ccn(-c3cccc(Cl)c3)n2)CC1. The van der Waals surface area contributed by atoms with E-state index in [-0.39, 0.29) is 23.8 Å². The largest absolute Gasteiger partial charge is 0.353 e. The number of nitrogens with zero attached hydrogens (tertiary/aromatic N) is 3. The first kappa shape index (κ1) is 20.4. The van der Waals surface area contributed by atoms with E-state index in [0.29, 0.717) is 42.6 Å². The molecule has 0 radical (unpaired) electrons. The predicted molar refractivity (Wildman–Crippen MR) is 110 cm³/mol. The molecule has 7 heteroatoms. The van der Waals surface area contributed by atoms with Crippen LogP contribution in [0.2, 0.25) is 5.02 Å². The minimum Gasteiger partial charge on any atom is -0.353 e. The normalized spacial score (nSPS) is 16.2. The van der Waals surface area contributed by atoms with E-state index in [2.05, 4.69) is 24.3 Å². The zero-order chi connectivity index (χ0) is 20.3. The second kappa shape index (κ2) is 8.78. The average Bonchev–Trinajstić information content (AvgIpc) is 3.17. The minimum atomic E-state index is -0.102. The second-order valence-electron chi connectivity index (χ2n) is 7.73. The van der Waals surface area contributed by atoms with Crippen molar-refractivity contribution < 1.29 is 9.59 Å².